The van der Waals surface area contributed by atoms with E-state index in [9.17, 15) is 0 Å². The smallest absolute Gasteiger partial charge is 0.148 e. The van der Waals surface area contributed by atoms with Crippen LogP contribution in [0.4, 0.5) is 0 Å². The maximum Gasteiger partial charge on any atom is 0.148 e. The number of halogens is 1. The molecular formula is C15H18BrNO. The van der Waals surface area contributed by atoms with Gasteiger partial charge in [-0.25, -0.2) is 0 Å². The summed E-state index contributed by atoms with van der Waals surface area (Å²) in [6, 6.07) is 8.24. The summed E-state index contributed by atoms with van der Waals surface area (Å²) in [6.45, 7) is 0. The highest BCUT2D eigenvalue weighted by molar-refractivity contribution is 9.10. The monoisotopic (exact) mass is 307 g/mol. The van der Waals surface area contributed by atoms with Gasteiger partial charge in [0.25, 0.3) is 0 Å². The number of fused-ring (bicyclic) bond motifs is 1. The fraction of sp³-hybridized carbons (Fsp3) is 0.467. The van der Waals surface area contributed by atoms with E-state index in [1.165, 1.54) is 32.1 Å². The lowest BCUT2D eigenvalue weighted by atomic mass is 9.83. The average Bonchev–Trinajstić information content (AvgIpc) is 2.84. The molecule has 18 heavy (non-hydrogen) atoms. The quantitative estimate of drug-likeness (QED) is 0.867. The van der Waals surface area contributed by atoms with Gasteiger partial charge in [0.05, 0.1) is 10.5 Å². The number of para-hydroxylation sites is 1. The highest BCUT2D eigenvalue weighted by Gasteiger charge is 2.24. The Kier molecular flexibility index (Phi) is 3.44. The summed E-state index contributed by atoms with van der Waals surface area (Å²) < 4.78 is 6.94. The topological polar surface area (TPSA) is 39.2 Å². The second-order valence-electron chi connectivity index (χ2n) is 5.23. The van der Waals surface area contributed by atoms with E-state index in [0.29, 0.717) is 5.92 Å². The summed E-state index contributed by atoms with van der Waals surface area (Å²) in [7, 11) is 0. The van der Waals surface area contributed by atoms with Crippen LogP contribution in [-0.2, 0) is 0 Å². The van der Waals surface area contributed by atoms with E-state index in [1.807, 2.05) is 12.1 Å². The minimum Gasteiger partial charge on any atom is -0.458 e. The van der Waals surface area contributed by atoms with Gasteiger partial charge in [-0.2, -0.15) is 0 Å². The molecule has 1 aliphatic rings. The minimum absolute atomic E-state index is 0.0459. The standard InChI is InChI=1S/C15H18BrNO/c16-12-8-4-7-11-9-13(18-15(11)12)14(17)10-5-2-1-3-6-10/h4,7-10,14H,1-3,5-6,17H2. The fourth-order valence-corrected chi connectivity index (χ4v) is 3.40. The Bertz CT molecular complexity index is 542. The molecule has 0 spiro atoms. The first-order valence-corrected chi connectivity index (χ1v) is 7.48. The van der Waals surface area contributed by atoms with Crippen molar-refractivity contribution < 1.29 is 4.42 Å². The predicted molar refractivity (Wildman–Crippen MR) is 77.4 cm³/mol. The zero-order valence-corrected chi connectivity index (χ0v) is 11.9. The van der Waals surface area contributed by atoms with Crippen LogP contribution >= 0.6 is 15.9 Å². The summed E-state index contributed by atoms with van der Waals surface area (Å²) in [4.78, 5) is 0. The molecule has 2 aromatic rings. The number of furan rings is 1. The van der Waals surface area contributed by atoms with Gasteiger partial charge < -0.3 is 10.2 Å². The van der Waals surface area contributed by atoms with E-state index in [4.69, 9.17) is 10.2 Å². The number of benzene rings is 1. The Morgan fingerprint density at radius 1 is 1.22 bits per heavy atom. The molecule has 3 heteroatoms. The zero-order chi connectivity index (χ0) is 12.5. The van der Waals surface area contributed by atoms with E-state index in [0.717, 1.165) is 21.2 Å². The van der Waals surface area contributed by atoms with Gasteiger partial charge in [-0.05, 0) is 46.8 Å². The Hall–Kier alpha value is -0.800. The Balaban J connectivity index is 1.91. The molecule has 1 fully saturated rings. The maximum atomic E-state index is 6.37. The van der Waals surface area contributed by atoms with Gasteiger partial charge in [0.2, 0.25) is 0 Å². The lowest BCUT2D eigenvalue weighted by Crippen LogP contribution is -2.22. The molecule has 1 saturated carbocycles. The van der Waals surface area contributed by atoms with E-state index >= 15 is 0 Å². The summed E-state index contributed by atoms with van der Waals surface area (Å²) in [5, 5.41) is 1.13. The molecule has 2 N–H and O–H groups in total. The summed E-state index contributed by atoms with van der Waals surface area (Å²) in [5.41, 5.74) is 7.29. The Morgan fingerprint density at radius 3 is 2.72 bits per heavy atom. The van der Waals surface area contributed by atoms with Crippen LogP contribution in [0.1, 0.15) is 43.9 Å². The van der Waals surface area contributed by atoms with Crippen LogP contribution in [0.15, 0.2) is 33.2 Å². The molecule has 2 nitrogen and oxygen atoms in total. The van der Waals surface area contributed by atoms with E-state index < -0.39 is 0 Å². The molecule has 0 aliphatic heterocycles. The maximum absolute atomic E-state index is 6.37. The van der Waals surface area contributed by atoms with Crippen molar-refractivity contribution in [3.8, 4) is 0 Å². The number of nitrogens with two attached hydrogens (primary N) is 1. The molecule has 0 amide bonds. The first kappa shape index (κ1) is 12.2. The van der Waals surface area contributed by atoms with Gasteiger partial charge in [0.15, 0.2) is 0 Å². The summed E-state index contributed by atoms with van der Waals surface area (Å²) in [6.07, 6.45) is 6.44. The van der Waals surface area contributed by atoms with E-state index in [2.05, 4.69) is 28.1 Å². The number of hydrogen-bond acceptors (Lipinski definition) is 2. The second-order valence-corrected chi connectivity index (χ2v) is 6.09. The van der Waals surface area contributed by atoms with Gasteiger partial charge in [0.1, 0.15) is 11.3 Å². The number of rotatable bonds is 2. The molecule has 1 heterocycles. The van der Waals surface area contributed by atoms with Crippen molar-refractivity contribution in [2.75, 3.05) is 0 Å². The largest absolute Gasteiger partial charge is 0.458 e. The van der Waals surface area contributed by atoms with Crippen LogP contribution in [-0.4, -0.2) is 0 Å². The highest BCUT2D eigenvalue weighted by Crippen LogP contribution is 2.36. The fourth-order valence-electron chi connectivity index (χ4n) is 2.94. The highest BCUT2D eigenvalue weighted by atomic mass is 79.9. The van der Waals surface area contributed by atoms with Crippen LogP contribution in [0.3, 0.4) is 0 Å². The van der Waals surface area contributed by atoms with Gasteiger partial charge in [0, 0.05) is 5.39 Å². The van der Waals surface area contributed by atoms with Crippen molar-refractivity contribution in [2.45, 2.75) is 38.1 Å². The van der Waals surface area contributed by atoms with Crippen molar-refractivity contribution in [3.05, 3.63) is 34.5 Å². The third-order valence-electron chi connectivity index (χ3n) is 4.00. The SMILES string of the molecule is NC(c1cc2cccc(Br)c2o1)C1CCCCC1. The van der Waals surface area contributed by atoms with Gasteiger partial charge in [-0.15, -0.1) is 0 Å². The van der Waals surface area contributed by atoms with Gasteiger partial charge in [-0.1, -0.05) is 31.4 Å². The first-order valence-electron chi connectivity index (χ1n) is 6.69. The summed E-state index contributed by atoms with van der Waals surface area (Å²) in [5.74, 6) is 1.52. The molecule has 96 valence electrons. The van der Waals surface area contributed by atoms with Crippen LogP contribution in [0.2, 0.25) is 0 Å². The predicted octanol–water partition coefficient (Wildman–Crippen LogP) is 4.78. The van der Waals surface area contributed by atoms with Crippen molar-refractivity contribution >= 4 is 26.9 Å². The van der Waals surface area contributed by atoms with Gasteiger partial charge >= 0.3 is 0 Å². The van der Waals surface area contributed by atoms with Gasteiger partial charge in [-0.3, -0.25) is 0 Å². The van der Waals surface area contributed by atoms with Crippen molar-refractivity contribution in [2.24, 2.45) is 11.7 Å². The normalized spacial score (nSPS) is 19.2. The van der Waals surface area contributed by atoms with Crippen LogP contribution in [0.5, 0.6) is 0 Å². The Morgan fingerprint density at radius 2 is 2.00 bits per heavy atom. The summed E-state index contributed by atoms with van der Waals surface area (Å²) >= 11 is 3.52. The molecule has 0 saturated heterocycles. The van der Waals surface area contributed by atoms with Crippen molar-refractivity contribution in [1.82, 2.24) is 0 Å². The lowest BCUT2D eigenvalue weighted by molar-refractivity contribution is 0.284. The third kappa shape index (κ3) is 2.21. The molecule has 1 aliphatic carbocycles. The molecule has 0 bridgehead atoms. The molecule has 1 aromatic carbocycles. The van der Waals surface area contributed by atoms with Crippen molar-refractivity contribution in [3.63, 3.8) is 0 Å². The van der Waals surface area contributed by atoms with Crippen molar-refractivity contribution in [1.29, 1.82) is 0 Å². The third-order valence-corrected chi connectivity index (χ3v) is 4.63. The second kappa shape index (κ2) is 5.06. The Labute approximate surface area is 116 Å². The van der Waals surface area contributed by atoms with Crippen LogP contribution < -0.4 is 5.73 Å². The average molecular weight is 308 g/mol. The number of hydrogen-bond donors (Lipinski definition) is 1. The molecule has 1 atom stereocenters. The van der Waals surface area contributed by atoms with Crippen LogP contribution in [0, 0.1) is 5.92 Å². The zero-order valence-electron chi connectivity index (χ0n) is 10.4. The minimum atomic E-state index is 0.0459. The lowest BCUT2D eigenvalue weighted by Gasteiger charge is -2.25. The molecular weight excluding hydrogens is 290 g/mol. The van der Waals surface area contributed by atoms with E-state index in [-0.39, 0.29) is 6.04 Å². The first-order chi connectivity index (χ1) is 8.75. The van der Waals surface area contributed by atoms with Crippen LogP contribution in [0.25, 0.3) is 11.0 Å². The van der Waals surface area contributed by atoms with E-state index in [1.54, 1.807) is 0 Å². The molecule has 1 unspecified atom stereocenters. The molecule has 3 rings (SSSR count). The molecule has 1 aromatic heterocycles. The molecule has 0 radical (unpaired) electrons.